The summed E-state index contributed by atoms with van der Waals surface area (Å²) in [4.78, 5) is 17.7. The van der Waals surface area contributed by atoms with Crippen molar-refractivity contribution < 1.29 is 27.6 Å². The Kier molecular flexibility index (Phi) is 13.8. The monoisotopic (exact) mass is 974 g/mol. The molecule has 0 amide bonds. The van der Waals surface area contributed by atoms with Gasteiger partial charge in [-0.1, -0.05) is 90.8 Å². The van der Waals surface area contributed by atoms with Gasteiger partial charge >= 0.3 is 0 Å². The topological polar surface area (TPSA) is 213 Å². The predicted octanol–water partition coefficient (Wildman–Crippen LogP) is 13.1. The minimum atomic E-state index is -4.47. The van der Waals surface area contributed by atoms with Gasteiger partial charge in [-0.05, 0) is 124 Å². The van der Waals surface area contributed by atoms with E-state index in [1.807, 2.05) is 24.0 Å². The Labute approximate surface area is 399 Å². The molecule has 0 radical (unpaired) electrons. The number of rotatable bonds is 16. The van der Waals surface area contributed by atoms with Gasteiger partial charge in [0.15, 0.2) is 16.8 Å². The van der Waals surface area contributed by atoms with Crippen LogP contribution in [0.1, 0.15) is 77.9 Å². The number of nitrogens with one attached hydrogen (secondary N) is 1. The second-order valence-corrected chi connectivity index (χ2v) is 19.9. The van der Waals surface area contributed by atoms with Crippen LogP contribution < -0.4 is 10.2 Å². The molecule has 0 saturated carbocycles. The lowest BCUT2D eigenvalue weighted by atomic mass is 9.98. The van der Waals surface area contributed by atoms with Crippen molar-refractivity contribution in [3.05, 3.63) is 117 Å². The van der Waals surface area contributed by atoms with E-state index in [0.29, 0.717) is 72.3 Å². The number of aryl methyl sites for hydroxylation is 8. The number of azo groups is 1. The average molecular weight is 975 g/mol. The molecule has 67 heavy (non-hydrogen) atoms. The molecular weight excluding hydrogens is 929 g/mol. The van der Waals surface area contributed by atoms with Gasteiger partial charge < -0.3 is 5.32 Å². The third kappa shape index (κ3) is 9.55. The van der Waals surface area contributed by atoms with Crippen LogP contribution in [0.15, 0.2) is 86.7 Å². The van der Waals surface area contributed by atoms with Gasteiger partial charge in [0.25, 0.3) is 10.1 Å². The molecule has 0 saturated heterocycles. The molecule has 3 N–H and O–H groups in total. The van der Waals surface area contributed by atoms with E-state index < -0.39 is 10.1 Å². The Bertz CT molecular complexity index is 3340. The van der Waals surface area contributed by atoms with Crippen molar-refractivity contribution in [2.75, 3.05) is 10.2 Å². The van der Waals surface area contributed by atoms with E-state index in [9.17, 15) is 18.2 Å². The van der Waals surface area contributed by atoms with Crippen LogP contribution in [0.25, 0.3) is 25.6 Å². The summed E-state index contributed by atoms with van der Waals surface area (Å²) in [5, 5.41) is 41.9. The van der Waals surface area contributed by atoms with Gasteiger partial charge in [-0.3, -0.25) is 9.45 Å². The molecule has 4 aromatic heterocycles. The maximum Gasteiger partial charge on any atom is 0.294 e. The summed E-state index contributed by atoms with van der Waals surface area (Å²) in [5.74, 6) is 1.10. The first-order valence-corrected chi connectivity index (χ1v) is 25.2. The molecule has 8 aromatic rings. The third-order valence-corrected chi connectivity index (χ3v) is 14.6. The van der Waals surface area contributed by atoms with E-state index in [1.54, 1.807) is 25.1 Å². The molecule has 8 rings (SSSR count). The highest BCUT2D eigenvalue weighted by molar-refractivity contribution is 7.94. The van der Waals surface area contributed by atoms with Crippen molar-refractivity contribution in [1.29, 1.82) is 5.26 Å². The van der Waals surface area contributed by atoms with Gasteiger partial charge in [0, 0.05) is 10.6 Å². The van der Waals surface area contributed by atoms with Gasteiger partial charge in [0.05, 0.1) is 48.8 Å². The van der Waals surface area contributed by atoms with Crippen LogP contribution in [0, 0.1) is 39.0 Å². The second-order valence-electron chi connectivity index (χ2n) is 15.7. The molecule has 4 aromatic carbocycles. The fraction of sp³-hybridized carbons (Fsp3) is 0.255. The second kappa shape index (κ2) is 19.6. The fourth-order valence-electron chi connectivity index (χ4n) is 8.03. The molecule has 0 fully saturated rings. The standard InChI is InChI=1S/C47H46N10O6S4/c1-9-29-17-25(5)18-30(10-2)42(29)52-44-41(53-54-45-35(24-48)28(8)55-57(45)47-50-36-15-13-33(66-63-62-58)22-38(36)65-47)27(7)21-40(51-44)56(43-31(11-3)19-26(6)20-32(43)12-4)46-49-37-16-14-34(67(59,60)61)23-39(37)64-46/h13-23,58H,9-12H2,1-8H3,(H,51,52)(H,59,60,61). The van der Waals surface area contributed by atoms with Crippen LogP contribution in [-0.2, 0) is 45.2 Å². The minimum Gasteiger partial charge on any atom is -0.338 e. The zero-order valence-corrected chi connectivity index (χ0v) is 41.1. The lowest BCUT2D eigenvalue weighted by Crippen LogP contribution is -2.17. The van der Waals surface area contributed by atoms with E-state index in [4.69, 9.17) is 35.5 Å². The maximum absolute atomic E-state index is 12.2. The number of nitriles is 1. The molecule has 0 spiro atoms. The minimum absolute atomic E-state index is 0.180. The van der Waals surface area contributed by atoms with Gasteiger partial charge in [-0.25, -0.2) is 20.2 Å². The summed E-state index contributed by atoms with van der Waals surface area (Å²) in [6.07, 6.45) is 2.89. The van der Waals surface area contributed by atoms with Crippen LogP contribution in [0.2, 0.25) is 0 Å². The Morgan fingerprint density at radius 2 is 1.45 bits per heavy atom. The average Bonchev–Trinajstić information content (AvgIpc) is 4.02. The zero-order valence-electron chi connectivity index (χ0n) is 37.9. The molecule has 0 aliphatic carbocycles. The fourth-order valence-corrected chi connectivity index (χ4v) is 11.1. The van der Waals surface area contributed by atoms with E-state index in [-0.39, 0.29) is 16.3 Å². The van der Waals surface area contributed by atoms with Crippen LogP contribution in [0.5, 0.6) is 0 Å². The highest BCUT2D eigenvalue weighted by Crippen LogP contribution is 2.46. The normalized spacial score (nSPS) is 11.9. The zero-order chi connectivity index (χ0) is 47.7. The molecule has 0 atom stereocenters. The van der Waals surface area contributed by atoms with Crippen molar-refractivity contribution in [1.82, 2.24) is 24.7 Å². The van der Waals surface area contributed by atoms with Crippen LogP contribution in [-0.4, -0.2) is 43.0 Å². The van der Waals surface area contributed by atoms with Crippen molar-refractivity contribution in [3.8, 4) is 11.2 Å². The van der Waals surface area contributed by atoms with Crippen molar-refractivity contribution in [3.63, 3.8) is 0 Å². The van der Waals surface area contributed by atoms with Crippen molar-refractivity contribution in [2.24, 2.45) is 10.2 Å². The SMILES string of the molecule is CCc1cc(C)cc(CC)c1Nc1nc(N(c2nc3ccc(S(=O)(=O)O)cc3s2)c2c(CC)cc(C)cc2CC)cc(C)c1N=Nc1c(C#N)c(C)nn1-c1nc2ccc(SOOO)cc2s1. The number of nitrogens with zero attached hydrogens (tertiary/aromatic N) is 9. The number of fused-ring (bicyclic) bond motifs is 2. The molecular formula is C47H46N10O6S4. The summed E-state index contributed by atoms with van der Waals surface area (Å²) in [6.45, 7) is 16.2. The molecule has 0 unspecified atom stereocenters. The highest BCUT2D eigenvalue weighted by Gasteiger charge is 2.27. The molecule has 16 nitrogen and oxygen atoms in total. The molecule has 344 valence electrons. The molecule has 0 aliphatic rings. The summed E-state index contributed by atoms with van der Waals surface area (Å²) < 4.78 is 41.9. The summed E-state index contributed by atoms with van der Waals surface area (Å²) >= 11 is 3.45. The third-order valence-electron chi connectivity index (χ3n) is 11.2. The molecule has 4 heterocycles. The number of aromatic nitrogens is 5. The molecule has 0 aliphatic heterocycles. The summed E-state index contributed by atoms with van der Waals surface area (Å²) in [7, 11) is -4.47. The highest BCUT2D eigenvalue weighted by atomic mass is 32.2. The van der Waals surface area contributed by atoms with Crippen LogP contribution in [0.4, 0.5) is 39.6 Å². The number of hydrogen-bond donors (Lipinski definition) is 3. The maximum atomic E-state index is 12.2. The number of hydrogen-bond acceptors (Lipinski definition) is 17. The van der Waals surface area contributed by atoms with Crippen molar-refractivity contribution in [2.45, 2.75) is 90.9 Å². The van der Waals surface area contributed by atoms with E-state index in [2.05, 4.69) is 86.6 Å². The Morgan fingerprint density at radius 1 is 0.821 bits per heavy atom. The first-order valence-electron chi connectivity index (χ1n) is 21.4. The van der Waals surface area contributed by atoms with E-state index in [1.165, 1.54) is 39.5 Å². The predicted molar refractivity (Wildman–Crippen MR) is 264 cm³/mol. The summed E-state index contributed by atoms with van der Waals surface area (Å²) in [6, 6.07) is 22.6. The van der Waals surface area contributed by atoms with Crippen LogP contribution >= 0.6 is 34.7 Å². The Balaban J connectivity index is 1.36. The lowest BCUT2D eigenvalue weighted by Gasteiger charge is -2.28. The lowest BCUT2D eigenvalue weighted by molar-refractivity contribution is -0.432. The Morgan fingerprint density at radius 3 is 2.07 bits per heavy atom. The Hall–Kier alpha value is -6.15. The first-order chi connectivity index (χ1) is 32.2. The quantitative estimate of drug-likeness (QED) is 0.0270. The number of thiazole rings is 2. The summed E-state index contributed by atoms with van der Waals surface area (Å²) in [5.41, 5.74) is 11.4. The first kappa shape index (κ1) is 47.3. The number of benzene rings is 4. The van der Waals surface area contributed by atoms with E-state index >= 15 is 0 Å². The van der Waals surface area contributed by atoms with Gasteiger partial charge in [0.2, 0.25) is 5.13 Å². The molecule has 20 heteroatoms. The number of pyridine rings is 1. The van der Waals surface area contributed by atoms with Crippen LogP contribution in [0.3, 0.4) is 0 Å². The van der Waals surface area contributed by atoms with E-state index in [0.717, 1.165) is 74.3 Å². The van der Waals surface area contributed by atoms with Gasteiger partial charge in [-0.15, -0.1) is 14.6 Å². The van der Waals surface area contributed by atoms with Gasteiger partial charge in [-0.2, -0.15) is 23.5 Å². The molecule has 0 bridgehead atoms. The number of anilines is 5. The largest absolute Gasteiger partial charge is 0.338 e. The van der Waals surface area contributed by atoms with Gasteiger partial charge in [0.1, 0.15) is 23.1 Å². The smallest absolute Gasteiger partial charge is 0.294 e. The van der Waals surface area contributed by atoms with Crippen molar-refractivity contribution >= 4 is 105 Å².